The van der Waals surface area contributed by atoms with Crippen molar-refractivity contribution < 1.29 is 14.6 Å². The summed E-state index contributed by atoms with van der Waals surface area (Å²) in [6, 6.07) is 13.8. The Labute approximate surface area is 136 Å². The highest BCUT2D eigenvalue weighted by molar-refractivity contribution is 5.88. The minimum atomic E-state index is -0.668. The quantitative estimate of drug-likeness (QED) is 0.944. The Bertz CT molecular complexity index is 680. The smallest absolute Gasteiger partial charge is 0.219 e. The van der Waals surface area contributed by atoms with Crippen LogP contribution in [-0.2, 0) is 4.79 Å². The monoisotopic (exact) mass is 313 g/mol. The summed E-state index contributed by atoms with van der Waals surface area (Å²) < 4.78 is 5.87. The van der Waals surface area contributed by atoms with E-state index < -0.39 is 6.10 Å². The van der Waals surface area contributed by atoms with Gasteiger partial charge < -0.3 is 14.7 Å². The maximum Gasteiger partial charge on any atom is 0.219 e. The van der Waals surface area contributed by atoms with Gasteiger partial charge in [-0.2, -0.15) is 0 Å². The highest BCUT2D eigenvalue weighted by atomic mass is 16.5. The maximum absolute atomic E-state index is 11.7. The molecule has 0 spiro atoms. The van der Waals surface area contributed by atoms with Crippen LogP contribution in [0.5, 0.6) is 5.75 Å². The molecule has 0 bridgehead atoms. The Kier molecular flexibility index (Phi) is 4.82. The summed E-state index contributed by atoms with van der Waals surface area (Å²) in [6.45, 7) is 2.49. The first-order valence-corrected chi connectivity index (χ1v) is 8.22. The van der Waals surface area contributed by atoms with E-state index in [4.69, 9.17) is 4.74 Å². The number of carbonyl (C=O) groups excluding carboxylic acids is 1. The average Bonchev–Trinajstić information content (AvgIpc) is 2.59. The first-order chi connectivity index (χ1) is 11.2. The zero-order chi connectivity index (χ0) is 16.2. The maximum atomic E-state index is 11.7. The van der Waals surface area contributed by atoms with Crippen LogP contribution >= 0.6 is 0 Å². The minimum Gasteiger partial charge on any atom is -0.490 e. The van der Waals surface area contributed by atoms with E-state index in [1.165, 1.54) is 0 Å². The van der Waals surface area contributed by atoms with Crippen molar-refractivity contribution in [3.05, 3.63) is 42.5 Å². The van der Waals surface area contributed by atoms with Crippen molar-refractivity contribution in [2.45, 2.75) is 38.3 Å². The fourth-order valence-electron chi connectivity index (χ4n) is 3.36. The molecule has 0 radical (unpaired) electrons. The van der Waals surface area contributed by atoms with Gasteiger partial charge in [0.15, 0.2) is 0 Å². The molecule has 1 saturated heterocycles. The molecule has 122 valence electrons. The third kappa shape index (κ3) is 3.48. The molecule has 2 aromatic rings. The molecule has 23 heavy (non-hydrogen) atoms. The summed E-state index contributed by atoms with van der Waals surface area (Å²) in [5.74, 6) is 0.797. The standard InChI is InChI=1S/C19H23NO3/c1-14(21)20-12-5-4-10-17(20)18(22)13-23-19-11-6-8-15-7-2-3-9-16(15)19/h2-3,6-9,11,17-18,22H,4-5,10,12-13H2,1H3/t17-,18-/m1/s1. The minimum absolute atomic E-state index is 0.0268. The number of hydrogen-bond donors (Lipinski definition) is 1. The molecule has 0 aliphatic carbocycles. The predicted molar refractivity (Wildman–Crippen MR) is 90.5 cm³/mol. The van der Waals surface area contributed by atoms with E-state index in [-0.39, 0.29) is 18.6 Å². The molecule has 2 atom stereocenters. The number of nitrogens with zero attached hydrogens (tertiary/aromatic N) is 1. The summed E-state index contributed by atoms with van der Waals surface area (Å²) in [5, 5.41) is 12.7. The summed E-state index contributed by atoms with van der Waals surface area (Å²) in [6.07, 6.45) is 2.21. The van der Waals surface area contributed by atoms with E-state index in [0.717, 1.165) is 42.3 Å². The van der Waals surface area contributed by atoms with Gasteiger partial charge in [-0.05, 0) is 30.7 Å². The van der Waals surface area contributed by atoms with Crippen LogP contribution in [0, 0.1) is 0 Å². The molecule has 4 nitrogen and oxygen atoms in total. The van der Waals surface area contributed by atoms with Crippen molar-refractivity contribution in [3.8, 4) is 5.75 Å². The van der Waals surface area contributed by atoms with Gasteiger partial charge in [-0.1, -0.05) is 36.4 Å². The van der Waals surface area contributed by atoms with E-state index in [1.807, 2.05) is 42.5 Å². The van der Waals surface area contributed by atoms with Crippen LogP contribution in [0.2, 0.25) is 0 Å². The summed E-state index contributed by atoms with van der Waals surface area (Å²) in [7, 11) is 0. The van der Waals surface area contributed by atoms with Crippen molar-refractivity contribution in [3.63, 3.8) is 0 Å². The van der Waals surface area contributed by atoms with Gasteiger partial charge in [-0.15, -0.1) is 0 Å². The van der Waals surface area contributed by atoms with Gasteiger partial charge in [0.1, 0.15) is 18.5 Å². The second-order valence-corrected chi connectivity index (χ2v) is 6.13. The molecule has 1 amide bonds. The molecular formula is C19H23NO3. The molecule has 1 heterocycles. The lowest BCUT2D eigenvalue weighted by Crippen LogP contribution is -2.50. The molecule has 0 aromatic heterocycles. The largest absolute Gasteiger partial charge is 0.490 e. The van der Waals surface area contributed by atoms with Gasteiger partial charge in [0.25, 0.3) is 0 Å². The second-order valence-electron chi connectivity index (χ2n) is 6.13. The first-order valence-electron chi connectivity index (χ1n) is 8.22. The van der Waals surface area contributed by atoms with E-state index in [2.05, 4.69) is 0 Å². The van der Waals surface area contributed by atoms with Gasteiger partial charge in [-0.25, -0.2) is 0 Å². The van der Waals surface area contributed by atoms with Crippen molar-refractivity contribution in [1.82, 2.24) is 4.90 Å². The van der Waals surface area contributed by atoms with Crippen LogP contribution in [-0.4, -0.2) is 41.2 Å². The third-order valence-electron chi connectivity index (χ3n) is 4.56. The molecule has 0 saturated carbocycles. The average molecular weight is 313 g/mol. The van der Waals surface area contributed by atoms with Crippen molar-refractivity contribution in [2.24, 2.45) is 0 Å². The summed E-state index contributed by atoms with van der Waals surface area (Å²) in [4.78, 5) is 13.5. The number of likely N-dealkylation sites (tertiary alicyclic amines) is 1. The SMILES string of the molecule is CC(=O)N1CCCC[C@@H]1[C@H](O)COc1cccc2ccccc12. The third-order valence-corrected chi connectivity index (χ3v) is 4.56. The first kappa shape index (κ1) is 15.8. The summed E-state index contributed by atoms with van der Waals surface area (Å²) >= 11 is 0. The van der Waals surface area contributed by atoms with E-state index >= 15 is 0 Å². The molecule has 0 unspecified atom stereocenters. The van der Waals surface area contributed by atoms with Crippen LogP contribution in [0.25, 0.3) is 10.8 Å². The van der Waals surface area contributed by atoms with Gasteiger partial charge in [0, 0.05) is 18.9 Å². The van der Waals surface area contributed by atoms with Crippen LogP contribution in [0.3, 0.4) is 0 Å². The lowest BCUT2D eigenvalue weighted by molar-refractivity contribution is -0.136. The van der Waals surface area contributed by atoms with Gasteiger partial charge in [-0.3, -0.25) is 4.79 Å². The van der Waals surface area contributed by atoms with Crippen LogP contribution < -0.4 is 4.74 Å². The zero-order valence-corrected chi connectivity index (χ0v) is 13.4. The highest BCUT2D eigenvalue weighted by Gasteiger charge is 2.30. The Morgan fingerprint density at radius 2 is 2.04 bits per heavy atom. The predicted octanol–water partition coefficient (Wildman–Crippen LogP) is 2.98. The number of hydrogen-bond acceptors (Lipinski definition) is 3. The topological polar surface area (TPSA) is 49.8 Å². The molecular weight excluding hydrogens is 290 g/mol. The number of piperidine rings is 1. The lowest BCUT2D eigenvalue weighted by atomic mass is 9.97. The molecule has 4 heteroatoms. The molecule has 2 aromatic carbocycles. The number of aliphatic hydroxyl groups excluding tert-OH is 1. The number of ether oxygens (including phenoxy) is 1. The van der Waals surface area contributed by atoms with E-state index in [0.29, 0.717) is 0 Å². The molecule has 1 aliphatic rings. The molecule has 1 fully saturated rings. The number of carbonyl (C=O) groups is 1. The Morgan fingerprint density at radius 3 is 2.87 bits per heavy atom. The zero-order valence-electron chi connectivity index (χ0n) is 13.4. The van der Waals surface area contributed by atoms with Gasteiger partial charge >= 0.3 is 0 Å². The van der Waals surface area contributed by atoms with Crippen LogP contribution in [0.15, 0.2) is 42.5 Å². The number of aliphatic hydroxyl groups is 1. The second kappa shape index (κ2) is 7.01. The number of benzene rings is 2. The Balaban J connectivity index is 1.70. The van der Waals surface area contributed by atoms with Crippen molar-refractivity contribution in [2.75, 3.05) is 13.2 Å². The number of rotatable bonds is 4. The van der Waals surface area contributed by atoms with Crippen molar-refractivity contribution >= 4 is 16.7 Å². The van der Waals surface area contributed by atoms with Crippen LogP contribution in [0.1, 0.15) is 26.2 Å². The molecule has 1 N–H and O–H groups in total. The lowest BCUT2D eigenvalue weighted by Gasteiger charge is -2.37. The normalized spacial score (nSPS) is 19.6. The number of fused-ring (bicyclic) bond motifs is 1. The van der Waals surface area contributed by atoms with Crippen LogP contribution in [0.4, 0.5) is 0 Å². The fraction of sp³-hybridized carbons (Fsp3) is 0.421. The number of amides is 1. The van der Waals surface area contributed by atoms with E-state index in [9.17, 15) is 9.90 Å². The molecule has 3 rings (SSSR count). The van der Waals surface area contributed by atoms with Crippen molar-refractivity contribution in [1.29, 1.82) is 0 Å². The van der Waals surface area contributed by atoms with Gasteiger partial charge in [0.05, 0.1) is 6.04 Å². The fourth-order valence-corrected chi connectivity index (χ4v) is 3.36. The summed E-state index contributed by atoms with van der Waals surface area (Å²) in [5.41, 5.74) is 0. The highest BCUT2D eigenvalue weighted by Crippen LogP contribution is 2.26. The molecule has 1 aliphatic heterocycles. The van der Waals surface area contributed by atoms with Gasteiger partial charge in [0.2, 0.25) is 5.91 Å². The Hall–Kier alpha value is -2.07. The Morgan fingerprint density at radius 1 is 1.26 bits per heavy atom. The van der Waals surface area contributed by atoms with E-state index in [1.54, 1.807) is 11.8 Å².